The number of hydrogen-bond acceptors (Lipinski definition) is 3. The third-order valence-electron chi connectivity index (χ3n) is 1.30. The third kappa shape index (κ3) is 4.10. The number of hydrogen-bond donors (Lipinski definition) is 1. The number of carboxylic acid groups (broad SMARTS) is 1. The number of carboxylic acids is 1. The molecule has 0 radical (unpaired) electrons. The summed E-state index contributed by atoms with van der Waals surface area (Å²) in [6, 6.07) is 0. The second kappa shape index (κ2) is 4.43. The molecule has 0 saturated heterocycles. The quantitative estimate of drug-likeness (QED) is 0.448. The molecule has 0 aliphatic rings. The molecule has 0 amide bonds. The van der Waals surface area contributed by atoms with Gasteiger partial charge in [0.15, 0.2) is 0 Å². The summed E-state index contributed by atoms with van der Waals surface area (Å²) in [4.78, 5) is 10.3. The molecule has 0 spiro atoms. The molecule has 0 saturated carbocycles. The van der Waals surface area contributed by atoms with Crippen LogP contribution in [0.15, 0.2) is 22.6 Å². The molecule has 1 N–H and O–H groups in total. The van der Waals surface area contributed by atoms with Crippen LogP contribution in [0.1, 0.15) is 13.8 Å². The van der Waals surface area contributed by atoms with Crippen LogP contribution in [0.2, 0.25) is 0 Å². The van der Waals surface area contributed by atoms with Gasteiger partial charge in [-0.1, -0.05) is 6.08 Å². The van der Waals surface area contributed by atoms with Gasteiger partial charge in [0.2, 0.25) is 0 Å². The molecule has 0 rings (SSSR count). The highest BCUT2D eigenvalue weighted by Gasteiger charge is 2.11. The Morgan fingerprint density at radius 3 is 2.15 bits per heavy atom. The smallest absolute Gasteiger partial charge is 0.335 e. The summed E-state index contributed by atoms with van der Waals surface area (Å²) in [5, 5.41) is 8.54. The first-order chi connectivity index (χ1) is 5.79. The summed E-state index contributed by atoms with van der Waals surface area (Å²) in [5.74, 6) is -1.19. The van der Waals surface area contributed by atoms with E-state index >= 15 is 0 Å². The summed E-state index contributed by atoms with van der Waals surface area (Å²) in [6.45, 7) is 2.73. The predicted molar refractivity (Wildman–Crippen MR) is 49.9 cm³/mol. The van der Waals surface area contributed by atoms with Gasteiger partial charge in [-0.25, -0.2) is 13.2 Å². The Kier molecular flexibility index (Phi) is 4.16. The molecule has 0 aliphatic heterocycles. The highest BCUT2D eigenvalue weighted by molar-refractivity contribution is 8.16. The predicted octanol–water partition coefficient (Wildman–Crippen LogP) is 1.49. The summed E-state index contributed by atoms with van der Waals surface area (Å²) in [5.41, 5.74) is -0.110. The zero-order valence-corrected chi connectivity index (χ0v) is 8.69. The maximum atomic E-state index is 10.7. The van der Waals surface area contributed by atoms with Crippen LogP contribution >= 0.6 is 10.7 Å². The van der Waals surface area contributed by atoms with Crippen molar-refractivity contribution in [3.8, 4) is 0 Å². The summed E-state index contributed by atoms with van der Waals surface area (Å²) in [6.07, 6.45) is 2.29. The molecule has 0 atom stereocenters. The first-order valence-corrected chi connectivity index (χ1v) is 5.62. The van der Waals surface area contributed by atoms with E-state index < -0.39 is 15.0 Å². The Morgan fingerprint density at radius 1 is 1.46 bits per heavy atom. The Labute approximate surface area is 80.9 Å². The first-order valence-electron chi connectivity index (χ1n) is 3.31. The molecule has 0 aliphatic carbocycles. The van der Waals surface area contributed by atoms with Gasteiger partial charge in [-0.05, 0) is 19.9 Å². The van der Waals surface area contributed by atoms with E-state index in [1.165, 1.54) is 19.9 Å². The van der Waals surface area contributed by atoms with E-state index in [2.05, 4.69) is 0 Å². The minimum Gasteiger partial charge on any atom is -0.478 e. The van der Waals surface area contributed by atoms with Crippen LogP contribution < -0.4 is 0 Å². The highest BCUT2D eigenvalue weighted by atomic mass is 35.7. The van der Waals surface area contributed by atoms with E-state index in [1.54, 1.807) is 0 Å². The minimum absolute atomic E-state index is 0.110. The Bertz CT molecular complexity index is 364. The van der Waals surface area contributed by atoms with Gasteiger partial charge < -0.3 is 5.11 Å². The van der Waals surface area contributed by atoms with Gasteiger partial charge in [-0.15, -0.1) is 0 Å². The van der Waals surface area contributed by atoms with Gasteiger partial charge >= 0.3 is 5.97 Å². The van der Waals surface area contributed by atoms with Gasteiger partial charge in [-0.3, -0.25) is 0 Å². The van der Waals surface area contributed by atoms with Crippen LogP contribution in [0.4, 0.5) is 0 Å². The first kappa shape index (κ1) is 12.2. The van der Waals surface area contributed by atoms with Crippen molar-refractivity contribution in [2.75, 3.05) is 0 Å². The highest BCUT2D eigenvalue weighted by Crippen LogP contribution is 2.13. The standard InChI is InChI=1S/C7H9ClO4S/c1-3-6(7(9)10)4-5(2)13(8,11)12/h3-4H,1-2H3,(H,9,10)/b5-4+,6-3+. The molecule has 0 aromatic rings. The lowest BCUT2D eigenvalue weighted by atomic mass is 10.2. The van der Waals surface area contributed by atoms with Gasteiger partial charge in [0.25, 0.3) is 9.05 Å². The summed E-state index contributed by atoms with van der Waals surface area (Å²) >= 11 is 0. The van der Waals surface area contributed by atoms with Crippen LogP contribution in [-0.2, 0) is 13.8 Å². The van der Waals surface area contributed by atoms with E-state index in [9.17, 15) is 13.2 Å². The van der Waals surface area contributed by atoms with Crippen LogP contribution in [0, 0.1) is 0 Å². The van der Waals surface area contributed by atoms with E-state index in [-0.39, 0.29) is 10.5 Å². The molecule has 0 aromatic carbocycles. The van der Waals surface area contributed by atoms with Gasteiger partial charge in [0, 0.05) is 10.7 Å². The summed E-state index contributed by atoms with van der Waals surface area (Å²) in [7, 11) is 1.16. The molecule has 0 aromatic heterocycles. The van der Waals surface area contributed by atoms with Crippen molar-refractivity contribution in [3.63, 3.8) is 0 Å². The number of carbonyl (C=O) groups is 1. The Hall–Kier alpha value is -0.810. The van der Waals surface area contributed by atoms with E-state index in [0.717, 1.165) is 6.08 Å². The van der Waals surface area contributed by atoms with Crippen LogP contribution in [0.25, 0.3) is 0 Å². The van der Waals surface area contributed by atoms with Gasteiger partial charge in [0.1, 0.15) is 0 Å². The lowest BCUT2D eigenvalue weighted by Gasteiger charge is -1.96. The average molecular weight is 225 g/mol. The maximum absolute atomic E-state index is 10.7. The zero-order chi connectivity index (χ0) is 10.6. The van der Waals surface area contributed by atoms with Crippen molar-refractivity contribution in [2.24, 2.45) is 0 Å². The van der Waals surface area contributed by atoms with Crippen molar-refractivity contribution in [3.05, 3.63) is 22.6 Å². The van der Waals surface area contributed by atoms with Crippen molar-refractivity contribution < 1.29 is 18.3 Å². The number of halogens is 1. The van der Waals surface area contributed by atoms with Gasteiger partial charge in [-0.2, -0.15) is 0 Å². The topological polar surface area (TPSA) is 71.4 Å². The Balaban J connectivity index is 5.08. The van der Waals surface area contributed by atoms with Crippen molar-refractivity contribution >= 4 is 25.7 Å². The number of rotatable bonds is 3. The fourth-order valence-corrected chi connectivity index (χ4v) is 0.959. The molecular formula is C7H9ClO4S. The lowest BCUT2D eigenvalue weighted by molar-refractivity contribution is -0.132. The van der Waals surface area contributed by atoms with Crippen molar-refractivity contribution in [2.45, 2.75) is 13.8 Å². The Morgan fingerprint density at radius 2 is 1.92 bits per heavy atom. The van der Waals surface area contributed by atoms with Gasteiger partial charge in [0.05, 0.1) is 10.5 Å². The molecule has 0 heterocycles. The molecule has 6 heteroatoms. The third-order valence-corrected chi connectivity index (χ3v) is 2.92. The fraction of sp³-hybridized carbons (Fsp3) is 0.286. The minimum atomic E-state index is -3.81. The number of aliphatic carboxylic acids is 1. The molecule has 0 fully saturated rings. The molecule has 0 bridgehead atoms. The lowest BCUT2D eigenvalue weighted by Crippen LogP contribution is -2.00. The van der Waals surface area contributed by atoms with E-state index in [4.69, 9.17) is 15.8 Å². The van der Waals surface area contributed by atoms with Crippen molar-refractivity contribution in [1.29, 1.82) is 0 Å². The largest absolute Gasteiger partial charge is 0.478 e. The van der Waals surface area contributed by atoms with Crippen LogP contribution in [-0.4, -0.2) is 19.5 Å². The second-order valence-electron chi connectivity index (χ2n) is 2.24. The van der Waals surface area contributed by atoms with E-state index in [0.29, 0.717) is 0 Å². The molecule has 4 nitrogen and oxygen atoms in total. The molecule has 74 valence electrons. The normalized spacial score (nSPS) is 14.4. The second-order valence-corrected chi connectivity index (χ2v) is 4.98. The number of allylic oxidation sites excluding steroid dienone is 2. The fourth-order valence-electron chi connectivity index (χ4n) is 0.558. The molecule has 13 heavy (non-hydrogen) atoms. The summed E-state index contributed by atoms with van der Waals surface area (Å²) < 4.78 is 21.4. The van der Waals surface area contributed by atoms with Crippen LogP contribution in [0.3, 0.4) is 0 Å². The van der Waals surface area contributed by atoms with Crippen LogP contribution in [0.5, 0.6) is 0 Å². The average Bonchev–Trinajstić information content (AvgIpc) is 1.96. The molecule has 0 unspecified atom stereocenters. The zero-order valence-electron chi connectivity index (χ0n) is 7.11. The maximum Gasteiger partial charge on any atom is 0.335 e. The molecular weight excluding hydrogens is 216 g/mol. The monoisotopic (exact) mass is 224 g/mol. The van der Waals surface area contributed by atoms with E-state index in [1.807, 2.05) is 0 Å². The SMILES string of the molecule is C/C=C(\C=C(/C)S(=O)(=O)Cl)C(=O)O. The van der Waals surface area contributed by atoms with Crippen molar-refractivity contribution in [1.82, 2.24) is 0 Å².